The van der Waals surface area contributed by atoms with Gasteiger partial charge in [-0.2, -0.15) is 0 Å². The number of carbonyl (C=O) groups is 1. The fraction of sp³-hybridized carbons (Fsp3) is 0.308. The third-order valence-electron chi connectivity index (χ3n) is 5.35. The van der Waals surface area contributed by atoms with Gasteiger partial charge in [0.05, 0.1) is 30.1 Å². The molecule has 0 aliphatic carbocycles. The molecule has 0 bridgehead atoms. The molecule has 2 aromatic heterocycles. The Morgan fingerprint density at radius 1 is 1.15 bits per heavy atom. The van der Waals surface area contributed by atoms with Crippen molar-refractivity contribution in [3.05, 3.63) is 72.2 Å². The molecule has 1 amide bonds. The summed E-state index contributed by atoms with van der Waals surface area (Å²) in [5.74, 6) is 2.89. The molecule has 0 radical (unpaired) electrons. The molecule has 33 heavy (non-hydrogen) atoms. The zero-order chi connectivity index (χ0) is 23.2. The van der Waals surface area contributed by atoms with Crippen LogP contribution in [-0.4, -0.2) is 23.8 Å². The minimum Gasteiger partial charge on any atom is -0.497 e. The van der Waals surface area contributed by atoms with Crippen molar-refractivity contribution >= 4 is 44.4 Å². The van der Waals surface area contributed by atoms with Crippen molar-refractivity contribution in [2.75, 3.05) is 17.8 Å². The van der Waals surface area contributed by atoms with Gasteiger partial charge in [-0.05, 0) is 66.1 Å². The second-order valence-corrected chi connectivity index (χ2v) is 10.2. The van der Waals surface area contributed by atoms with Crippen molar-refractivity contribution in [2.24, 2.45) is 0 Å². The van der Waals surface area contributed by atoms with Crippen LogP contribution in [0.5, 0.6) is 5.75 Å². The Balaban J connectivity index is 1.46. The molecule has 5 nitrogen and oxygen atoms in total. The van der Waals surface area contributed by atoms with E-state index in [0.29, 0.717) is 18.9 Å². The van der Waals surface area contributed by atoms with Crippen LogP contribution in [0.3, 0.4) is 0 Å². The molecule has 0 fully saturated rings. The lowest BCUT2D eigenvalue weighted by atomic mass is 10.0. The Hall–Kier alpha value is -2.77. The van der Waals surface area contributed by atoms with E-state index in [9.17, 15) is 4.79 Å². The average molecular weight is 481 g/mol. The van der Waals surface area contributed by atoms with Crippen LogP contribution in [0.25, 0.3) is 10.2 Å². The molecule has 4 aromatic rings. The van der Waals surface area contributed by atoms with Crippen LogP contribution in [0.2, 0.25) is 0 Å². The number of ether oxygens (including phenoxy) is 1. The number of hydrogen-bond donors (Lipinski definition) is 0. The lowest BCUT2D eigenvalue weighted by molar-refractivity contribution is -0.118. The molecule has 2 aromatic carbocycles. The van der Waals surface area contributed by atoms with Crippen molar-refractivity contribution in [1.82, 2.24) is 4.98 Å². The maximum atomic E-state index is 13.3. The standard InChI is InChI=1S/C26H28N2O3S2/c1-18(2)22-8-4-9-23-25(22)27-26(33-23)28(17-20-7-5-15-31-20)24(29)10-6-16-32-21-13-11-19(30-3)12-14-21/h4-5,7-9,11-15,18H,6,10,16-17H2,1-3H3. The Morgan fingerprint density at radius 3 is 2.67 bits per heavy atom. The summed E-state index contributed by atoms with van der Waals surface area (Å²) in [6.45, 7) is 4.72. The number of para-hydroxylation sites is 1. The Morgan fingerprint density at radius 2 is 1.97 bits per heavy atom. The maximum Gasteiger partial charge on any atom is 0.229 e. The van der Waals surface area contributed by atoms with E-state index in [2.05, 4.69) is 32.0 Å². The summed E-state index contributed by atoms with van der Waals surface area (Å²) < 4.78 is 11.9. The lowest BCUT2D eigenvalue weighted by Gasteiger charge is -2.18. The van der Waals surface area contributed by atoms with E-state index in [4.69, 9.17) is 14.1 Å². The van der Waals surface area contributed by atoms with E-state index in [-0.39, 0.29) is 5.91 Å². The molecule has 0 aliphatic heterocycles. The molecule has 2 heterocycles. The maximum absolute atomic E-state index is 13.3. The van der Waals surface area contributed by atoms with Gasteiger partial charge in [-0.25, -0.2) is 4.98 Å². The van der Waals surface area contributed by atoms with E-state index in [1.54, 1.807) is 41.4 Å². The van der Waals surface area contributed by atoms with Crippen LogP contribution in [0, 0.1) is 0 Å². The van der Waals surface area contributed by atoms with E-state index in [1.165, 1.54) is 10.5 Å². The largest absolute Gasteiger partial charge is 0.497 e. The first-order valence-electron chi connectivity index (χ1n) is 11.0. The number of thiazole rings is 1. The molecule has 172 valence electrons. The fourth-order valence-corrected chi connectivity index (χ4v) is 5.45. The number of hydrogen-bond acceptors (Lipinski definition) is 6. The minimum atomic E-state index is 0.0619. The molecule has 0 unspecified atom stereocenters. The first-order chi connectivity index (χ1) is 16.0. The summed E-state index contributed by atoms with van der Waals surface area (Å²) >= 11 is 3.31. The number of furan rings is 1. The van der Waals surface area contributed by atoms with Gasteiger partial charge in [0.2, 0.25) is 5.91 Å². The van der Waals surface area contributed by atoms with Crippen molar-refractivity contribution in [1.29, 1.82) is 0 Å². The van der Waals surface area contributed by atoms with Gasteiger partial charge in [-0.1, -0.05) is 37.3 Å². The highest BCUT2D eigenvalue weighted by molar-refractivity contribution is 7.99. The number of rotatable bonds is 10. The normalized spacial score (nSPS) is 11.3. The highest BCUT2D eigenvalue weighted by atomic mass is 32.2. The summed E-state index contributed by atoms with van der Waals surface area (Å²) in [6, 6.07) is 18.0. The van der Waals surface area contributed by atoms with Crippen molar-refractivity contribution < 1.29 is 13.9 Å². The number of methoxy groups -OCH3 is 1. The number of benzene rings is 2. The molecule has 0 saturated heterocycles. The molecule has 0 aliphatic rings. The molecule has 0 spiro atoms. The summed E-state index contributed by atoms with van der Waals surface area (Å²) in [7, 11) is 1.66. The van der Waals surface area contributed by atoms with Crippen molar-refractivity contribution in [3.8, 4) is 5.75 Å². The number of carbonyl (C=O) groups excluding carboxylic acids is 1. The Bertz CT molecular complexity index is 1180. The van der Waals surface area contributed by atoms with Crippen LogP contribution in [-0.2, 0) is 11.3 Å². The number of amides is 1. The van der Waals surface area contributed by atoms with Crippen molar-refractivity contribution in [2.45, 2.75) is 44.0 Å². The Labute approximate surface area is 202 Å². The minimum absolute atomic E-state index is 0.0619. The topological polar surface area (TPSA) is 55.6 Å². The third kappa shape index (κ3) is 5.78. The highest BCUT2D eigenvalue weighted by Crippen LogP contribution is 2.34. The molecule has 4 rings (SSSR count). The van der Waals surface area contributed by atoms with Gasteiger partial charge in [0.15, 0.2) is 5.13 Å². The second-order valence-electron chi connectivity index (χ2n) is 8.03. The fourth-order valence-electron chi connectivity index (χ4n) is 3.58. The number of fused-ring (bicyclic) bond motifs is 1. The monoisotopic (exact) mass is 480 g/mol. The smallest absolute Gasteiger partial charge is 0.229 e. The molecule has 0 N–H and O–H groups in total. The number of thioether (sulfide) groups is 1. The van der Waals surface area contributed by atoms with Crippen LogP contribution in [0.4, 0.5) is 5.13 Å². The van der Waals surface area contributed by atoms with Gasteiger partial charge in [0.25, 0.3) is 0 Å². The Kier molecular flexibility index (Phi) is 7.73. The van der Waals surface area contributed by atoms with Crippen LogP contribution >= 0.6 is 23.1 Å². The van der Waals surface area contributed by atoms with E-state index in [0.717, 1.165) is 39.0 Å². The van der Waals surface area contributed by atoms with E-state index in [1.807, 2.05) is 36.4 Å². The molecule has 0 saturated carbocycles. The number of nitrogens with zero attached hydrogens (tertiary/aromatic N) is 2. The summed E-state index contributed by atoms with van der Waals surface area (Å²) in [6.07, 6.45) is 2.88. The highest BCUT2D eigenvalue weighted by Gasteiger charge is 2.22. The predicted molar refractivity (Wildman–Crippen MR) is 137 cm³/mol. The van der Waals surface area contributed by atoms with Gasteiger partial charge in [-0.15, -0.1) is 11.8 Å². The summed E-state index contributed by atoms with van der Waals surface area (Å²) in [5, 5.41) is 0.724. The van der Waals surface area contributed by atoms with Crippen LogP contribution < -0.4 is 9.64 Å². The van der Waals surface area contributed by atoms with Gasteiger partial charge in [0.1, 0.15) is 11.5 Å². The van der Waals surface area contributed by atoms with E-state index >= 15 is 0 Å². The average Bonchev–Trinajstić information content (AvgIpc) is 3.49. The van der Waals surface area contributed by atoms with Gasteiger partial charge in [-0.3, -0.25) is 9.69 Å². The molecule has 7 heteroatoms. The SMILES string of the molecule is COc1ccc(SCCCC(=O)N(Cc2ccco2)c2nc3c(C(C)C)cccc3s2)cc1. The predicted octanol–water partition coefficient (Wildman–Crippen LogP) is 7.13. The first kappa shape index (κ1) is 23.4. The third-order valence-corrected chi connectivity index (χ3v) is 7.49. The summed E-state index contributed by atoms with van der Waals surface area (Å²) in [5.41, 5.74) is 2.19. The number of anilines is 1. The van der Waals surface area contributed by atoms with Crippen molar-refractivity contribution in [3.63, 3.8) is 0 Å². The zero-order valence-corrected chi connectivity index (χ0v) is 20.7. The van der Waals surface area contributed by atoms with Crippen LogP contribution in [0.1, 0.15) is 43.9 Å². The van der Waals surface area contributed by atoms with E-state index < -0.39 is 0 Å². The molecular weight excluding hydrogens is 452 g/mol. The van der Waals surface area contributed by atoms with Gasteiger partial charge < -0.3 is 9.15 Å². The zero-order valence-electron chi connectivity index (χ0n) is 19.1. The lowest BCUT2D eigenvalue weighted by Crippen LogP contribution is -2.30. The van der Waals surface area contributed by atoms with Gasteiger partial charge >= 0.3 is 0 Å². The van der Waals surface area contributed by atoms with Gasteiger partial charge in [0, 0.05) is 11.3 Å². The molecule has 0 atom stereocenters. The first-order valence-corrected chi connectivity index (χ1v) is 12.8. The number of aromatic nitrogens is 1. The van der Waals surface area contributed by atoms with Crippen LogP contribution in [0.15, 0.2) is 70.2 Å². The molecular formula is C26H28N2O3S2. The quantitative estimate of drug-likeness (QED) is 0.179. The summed E-state index contributed by atoms with van der Waals surface area (Å²) in [4.78, 5) is 21.1. The second kappa shape index (κ2) is 10.9.